The Labute approximate surface area is 121 Å². The molecule has 0 bridgehead atoms. The van der Waals surface area contributed by atoms with E-state index in [1.807, 2.05) is 0 Å². The van der Waals surface area contributed by atoms with E-state index in [-0.39, 0.29) is 23.3 Å². The van der Waals surface area contributed by atoms with Crippen LogP contribution in [0.4, 0.5) is 4.39 Å². The van der Waals surface area contributed by atoms with E-state index in [2.05, 4.69) is 0 Å². The van der Waals surface area contributed by atoms with Crippen LogP contribution in [0, 0.1) is 11.7 Å². The number of hydrogen-bond donors (Lipinski definition) is 1. The van der Waals surface area contributed by atoms with Gasteiger partial charge in [-0.1, -0.05) is 11.6 Å². The molecule has 1 atom stereocenters. The van der Waals surface area contributed by atoms with Crippen molar-refractivity contribution in [3.8, 4) is 0 Å². The minimum Gasteiger partial charge on any atom is -0.481 e. The maximum Gasteiger partial charge on any atom is 0.303 e. The molecule has 1 fully saturated rings. The van der Waals surface area contributed by atoms with Crippen LogP contribution in [0.25, 0.3) is 0 Å². The van der Waals surface area contributed by atoms with Crippen molar-refractivity contribution in [2.24, 2.45) is 5.92 Å². The van der Waals surface area contributed by atoms with Crippen LogP contribution < -0.4 is 0 Å². The quantitative estimate of drug-likeness (QED) is 0.905. The fraction of sp³-hybridized carbons (Fsp3) is 0.462. The SMILES string of the molecule is CS(=O)(=O)c1c(F)cc(C(CC(=O)O)C2CC2)cc1Cl. The van der Waals surface area contributed by atoms with Crippen molar-refractivity contribution in [2.75, 3.05) is 6.26 Å². The van der Waals surface area contributed by atoms with Gasteiger partial charge >= 0.3 is 5.97 Å². The normalized spacial score (nSPS) is 16.9. The molecule has 110 valence electrons. The van der Waals surface area contributed by atoms with Crippen molar-refractivity contribution in [2.45, 2.75) is 30.1 Å². The van der Waals surface area contributed by atoms with E-state index >= 15 is 0 Å². The largest absolute Gasteiger partial charge is 0.481 e. The summed E-state index contributed by atoms with van der Waals surface area (Å²) in [5.74, 6) is -2.02. The minimum absolute atomic E-state index is 0.112. The van der Waals surface area contributed by atoms with Crippen LogP contribution in [0.15, 0.2) is 17.0 Å². The smallest absolute Gasteiger partial charge is 0.303 e. The minimum atomic E-state index is -3.76. The van der Waals surface area contributed by atoms with Crippen molar-refractivity contribution in [3.05, 3.63) is 28.5 Å². The molecule has 1 unspecified atom stereocenters. The molecule has 20 heavy (non-hydrogen) atoms. The zero-order valence-corrected chi connectivity index (χ0v) is 12.3. The van der Waals surface area contributed by atoms with E-state index < -0.39 is 26.5 Å². The third-order valence-corrected chi connectivity index (χ3v) is 4.97. The number of carbonyl (C=O) groups is 1. The Morgan fingerprint density at radius 3 is 2.50 bits per heavy atom. The summed E-state index contributed by atoms with van der Waals surface area (Å²) in [5.41, 5.74) is 0.449. The third-order valence-electron chi connectivity index (χ3n) is 3.41. The van der Waals surface area contributed by atoms with E-state index in [0.717, 1.165) is 25.2 Å². The monoisotopic (exact) mass is 320 g/mol. The number of carboxylic acid groups (broad SMARTS) is 1. The molecule has 0 spiro atoms. The van der Waals surface area contributed by atoms with Crippen molar-refractivity contribution < 1.29 is 22.7 Å². The molecule has 1 aromatic carbocycles. The predicted octanol–water partition coefficient (Wildman–Crippen LogP) is 2.85. The van der Waals surface area contributed by atoms with Gasteiger partial charge in [-0.25, -0.2) is 12.8 Å². The van der Waals surface area contributed by atoms with Crippen molar-refractivity contribution in [1.82, 2.24) is 0 Å². The number of halogens is 2. The molecule has 7 heteroatoms. The molecule has 0 amide bonds. The lowest BCUT2D eigenvalue weighted by Crippen LogP contribution is -2.10. The Balaban J connectivity index is 2.45. The number of sulfone groups is 1. The van der Waals surface area contributed by atoms with Gasteiger partial charge in [0.15, 0.2) is 9.84 Å². The molecule has 1 saturated carbocycles. The van der Waals surface area contributed by atoms with Crippen LogP contribution in [0.1, 0.15) is 30.7 Å². The lowest BCUT2D eigenvalue weighted by molar-refractivity contribution is -0.137. The molecular weight excluding hydrogens is 307 g/mol. The molecule has 4 nitrogen and oxygen atoms in total. The van der Waals surface area contributed by atoms with E-state index in [1.54, 1.807) is 0 Å². The van der Waals surface area contributed by atoms with Crippen molar-refractivity contribution in [3.63, 3.8) is 0 Å². The summed E-state index contributed by atoms with van der Waals surface area (Å²) in [7, 11) is -3.76. The Morgan fingerprint density at radius 1 is 1.50 bits per heavy atom. The summed E-state index contributed by atoms with van der Waals surface area (Å²) in [4.78, 5) is 10.4. The second kappa shape index (κ2) is 5.33. The van der Waals surface area contributed by atoms with Gasteiger partial charge in [0.05, 0.1) is 11.4 Å². The van der Waals surface area contributed by atoms with Crippen LogP contribution in [-0.4, -0.2) is 25.7 Å². The highest BCUT2D eigenvalue weighted by Crippen LogP contribution is 2.45. The first-order valence-corrected chi connectivity index (χ1v) is 8.38. The lowest BCUT2D eigenvalue weighted by Gasteiger charge is -2.16. The van der Waals surface area contributed by atoms with E-state index in [4.69, 9.17) is 16.7 Å². The van der Waals surface area contributed by atoms with Crippen LogP contribution >= 0.6 is 11.6 Å². The fourth-order valence-electron chi connectivity index (χ4n) is 2.39. The molecule has 1 aromatic rings. The van der Waals surface area contributed by atoms with E-state index in [0.29, 0.717) is 5.56 Å². The highest BCUT2D eigenvalue weighted by Gasteiger charge is 2.35. The summed E-state index contributed by atoms with van der Waals surface area (Å²) >= 11 is 5.86. The van der Waals surface area contributed by atoms with Gasteiger partial charge in [-0.3, -0.25) is 4.79 Å². The zero-order valence-electron chi connectivity index (χ0n) is 10.8. The summed E-state index contributed by atoms with van der Waals surface area (Å²) in [6, 6.07) is 2.46. The van der Waals surface area contributed by atoms with Gasteiger partial charge < -0.3 is 5.11 Å². The Kier molecular flexibility index (Phi) is 4.07. The lowest BCUT2D eigenvalue weighted by atomic mass is 9.91. The number of rotatable bonds is 5. The number of carboxylic acids is 1. The number of hydrogen-bond acceptors (Lipinski definition) is 3. The summed E-state index contributed by atoms with van der Waals surface area (Å²) < 4.78 is 36.9. The Bertz CT molecular complexity index is 629. The molecule has 0 heterocycles. The standard InChI is InChI=1S/C13H14ClFO4S/c1-20(18,19)13-10(14)4-8(5-11(13)15)9(6-12(16)17)7-2-3-7/h4-5,7,9H,2-3,6H2,1H3,(H,16,17). The summed E-state index contributed by atoms with van der Waals surface area (Å²) in [5, 5.41) is 8.73. The first kappa shape index (κ1) is 15.3. The zero-order chi connectivity index (χ0) is 15.1. The van der Waals surface area contributed by atoms with Crippen LogP contribution in [0.5, 0.6) is 0 Å². The van der Waals surface area contributed by atoms with Crippen LogP contribution in [0.2, 0.25) is 5.02 Å². The number of benzene rings is 1. The maximum absolute atomic E-state index is 14.0. The van der Waals surface area contributed by atoms with Gasteiger partial charge in [0, 0.05) is 6.26 Å². The summed E-state index contributed by atoms with van der Waals surface area (Å²) in [6.45, 7) is 0. The number of aliphatic carboxylic acids is 1. The third kappa shape index (κ3) is 3.30. The van der Waals surface area contributed by atoms with Crippen LogP contribution in [-0.2, 0) is 14.6 Å². The van der Waals surface area contributed by atoms with Gasteiger partial charge in [0.1, 0.15) is 10.7 Å². The molecule has 0 aromatic heterocycles. The Morgan fingerprint density at radius 2 is 2.10 bits per heavy atom. The molecule has 1 aliphatic carbocycles. The summed E-state index contributed by atoms with van der Waals surface area (Å²) in [6.07, 6.45) is 2.56. The van der Waals surface area contributed by atoms with Crippen molar-refractivity contribution in [1.29, 1.82) is 0 Å². The Hall–Kier alpha value is -1.14. The van der Waals surface area contributed by atoms with Gasteiger partial charge in [-0.05, 0) is 42.4 Å². The van der Waals surface area contributed by atoms with E-state index in [1.165, 1.54) is 6.07 Å². The second-order valence-electron chi connectivity index (χ2n) is 5.13. The molecule has 0 aliphatic heterocycles. The molecule has 0 saturated heterocycles. The second-order valence-corrected chi connectivity index (χ2v) is 7.49. The average molecular weight is 321 g/mol. The topological polar surface area (TPSA) is 71.4 Å². The van der Waals surface area contributed by atoms with Crippen LogP contribution in [0.3, 0.4) is 0 Å². The first-order valence-electron chi connectivity index (χ1n) is 6.11. The highest BCUT2D eigenvalue weighted by molar-refractivity contribution is 7.90. The van der Waals surface area contributed by atoms with E-state index in [9.17, 15) is 17.6 Å². The molecule has 2 rings (SSSR count). The molecule has 1 N–H and O–H groups in total. The first-order chi connectivity index (χ1) is 9.20. The fourth-order valence-corrected chi connectivity index (χ4v) is 3.85. The average Bonchev–Trinajstić information content (AvgIpc) is 3.05. The van der Waals surface area contributed by atoms with Gasteiger partial charge in [0.25, 0.3) is 0 Å². The maximum atomic E-state index is 14.0. The van der Waals surface area contributed by atoms with Gasteiger partial charge in [0.2, 0.25) is 0 Å². The van der Waals surface area contributed by atoms with Gasteiger partial charge in [-0.2, -0.15) is 0 Å². The van der Waals surface area contributed by atoms with Crippen molar-refractivity contribution >= 4 is 27.4 Å². The predicted molar refractivity (Wildman–Crippen MR) is 72.2 cm³/mol. The molecular formula is C13H14ClFO4S. The molecule has 1 aliphatic rings. The highest BCUT2D eigenvalue weighted by atomic mass is 35.5. The molecule has 0 radical (unpaired) electrons. The van der Waals surface area contributed by atoms with Gasteiger partial charge in [-0.15, -0.1) is 0 Å².